The standard InChI is InChI=1S/C16H19N3O5S2/c1-8-5-6-11(7-12(8)19-26(4,23)24)14(20)17-10(3)15-18-9(2)13(25-15)16(21)22/h5-7,10,19H,1-4H3,(H,17,20)(H,21,22). The van der Waals surface area contributed by atoms with E-state index in [-0.39, 0.29) is 10.4 Å². The molecule has 1 atom stereocenters. The summed E-state index contributed by atoms with van der Waals surface area (Å²) in [6.45, 7) is 5.02. The minimum atomic E-state index is -3.46. The molecule has 1 heterocycles. The maximum absolute atomic E-state index is 12.5. The highest BCUT2D eigenvalue weighted by atomic mass is 32.2. The van der Waals surface area contributed by atoms with Crippen LogP contribution in [0.25, 0.3) is 0 Å². The van der Waals surface area contributed by atoms with Gasteiger partial charge in [-0.05, 0) is 38.5 Å². The summed E-state index contributed by atoms with van der Waals surface area (Å²) < 4.78 is 25.2. The highest BCUT2D eigenvalue weighted by molar-refractivity contribution is 7.92. The first-order valence-electron chi connectivity index (χ1n) is 7.58. The number of amides is 1. The molecule has 1 aromatic carbocycles. The quantitative estimate of drug-likeness (QED) is 0.687. The first kappa shape index (κ1) is 19.9. The lowest BCUT2D eigenvalue weighted by Crippen LogP contribution is -2.26. The van der Waals surface area contributed by atoms with Crippen molar-refractivity contribution in [3.8, 4) is 0 Å². The van der Waals surface area contributed by atoms with Gasteiger partial charge in [-0.25, -0.2) is 18.2 Å². The molecule has 26 heavy (non-hydrogen) atoms. The molecule has 2 rings (SSSR count). The number of rotatable bonds is 6. The van der Waals surface area contributed by atoms with Gasteiger partial charge in [-0.15, -0.1) is 11.3 Å². The Hall–Kier alpha value is -2.46. The molecular formula is C16H19N3O5S2. The Bertz CT molecular complexity index is 966. The van der Waals surface area contributed by atoms with Crippen molar-refractivity contribution in [2.24, 2.45) is 0 Å². The van der Waals surface area contributed by atoms with Crippen LogP contribution in [0, 0.1) is 13.8 Å². The number of nitrogens with one attached hydrogen (secondary N) is 2. The lowest BCUT2D eigenvalue weighted by Gasteiger charge is -2.13. The van der Waals surface area contributed by atoms with Gasteiger partial charge in [0.05, 0.1) is 23.7 Å². The minimum absolute atomic E-state index is 0.135. The number of thiazole rings is 1. The molecule has 0 saturated carbocycles. The monoisotopic (exact) mass is 397 g/mol. The molecule has 140 valence electrons. The number of hydrogen-bond acceptors (Lipinski definition) is 6. The van der Waals surface area contributed by atoms with E-state index in [0.29, 0.717) is 22.0 Å². The Morgan fingerprint density at radius 2 is 1.92 bits per heavy atom. The number of carboxylic acid groups (broad SMARTS) is 1. The zero-order chi connectivity index (χ0) is 19.6. The van der Waals surface area contributed by atoms with Crippen LogP contribution in [0.15, 0.2) is 18.2 Å². The number of carboxylic acids is 1. The number of anilines is 1. The molecule has 1 aromatic heterocycles. The average Bonchev–Trinajstić information content (AvgIpc) is 2.90. The number of benzene rings is 1. The number of carbonyl (C=O) groups is 2. The van der Waals surface area contributed by atoms with Crippen LogP contribution < -0.4 is 10.0 Å². The van der Waals surface area contributed by atoms with Crippen molar-refractivity contribution in [2.75, 3.05) is 11.0 Å². The molecule has 0 aliphatic carbocycles. The van der Waals surface area contributed by atoms with E-state index in [1.807, 2.05) is 0 Å². The topological polar surface area (TPSA) is 125 Å². The van der Waals surface area contributed by atoms with E-state index in [1.54, 1.807) is 32.9 Å². The molecule has 0 aliphatic heterocycles. The molecule has 0 saturated heterocycles. The van der Waals surface area contributed by atoms with Crippen molar-refractivity contribution in [1.82, 2.24) is 10.3 Å². The molecule has 10 heteroatoms. The van der Waals surface area contributed by atoms with E-state index < -0.39 is 27.9 Å². The molecule has 0 fully saturated rings. The van der Waals surface area contributed by atoms with Gasteiger partial charge in [-0.3, -0.25) is 9.52 Å². The fraction of sp³-hybridized carbons (Fsp3) is 0.312. The van der Waals surface area contributed by atoms with Gasteiger partial charge in [0.1, 0.15) is 9.88 Å². The molecule has 8 nitrogen and oxygen atoms in total. The van der Waals surface area contributed by atoms with Crippen molar-refractivity contribution in [3.63, 3.8) is 0 Å². The highest BCUT2D eigenvalue weighted by Crippen LogP contribution is 2.24. The summed E-state index contributed by atoms with van der Waals surface area (Å²) in [5.74, 6) is -1.47. The second kappa shape index (κ2) is 7.42. The Morgan fingerprint density at radius 1 is 1.27 bits per heavy atom. The maximum Gasteiger partial charge on any atom is 0.347 e. The van der Waals surface area contributed by atoms with Crippen molar-refractivity contribution < 1.29 is 23.1 Å². The summed E-state index contributed by atoms with van der Waals surface area (Å²) in [7, 11) is -3.46. The fourth-order valence-corrected chi connectivity index (χ4v) is 3.74. The number of hydrogen-bond donors (Lipinski definition) is 3. The average molecular weight is 397 g/mol. The fourth-order valence-electron chi connectivity index (χ4n) is 2.22. The predicted molar refractivity (Wildman–Crippen MR) is 99.3 cm³/mol. The van der Waals surface area contributed by atoms with Crippen LogP contribution in [0.3, 0.4) is 0 Å². The second-order valence-corrected chi connectivity index (χ2v) is 8.65. The number of carbonyl (C=O) groups excluding carboxylic acids is 1. The Kier molecular flexibility index (Phi) is 5.67. The lowest BCUT2D eigenvalue weighted by atomic mass is 10.1. The Balaban J connectivity index is 2.20. The molecule has 3 N–H and O–H groups in total. The first-order valence-corrected chi connectivity index (χ1v) is 10.3. The number of sulfonamides is 1. The summed E-state index contributed by atoms with van der Waals surface area (Å²) in [5, 5.41) is 12.3. The van der Waals surface area contributed by atoms with Crippen LogP contribution in [0.5, 0.6) is 0 Å². The van der Waals surface area contributed by atoms with Gasteiger partial charge in [0.15, 0.2) is 0 Å². The minimum Gasteiger partial charge on any atom is -0.477 e. The third-order valence-electron chi connectivity index (χ3n) is 3.52. The summed E-state index contributed by atoms with van der Waals surface area (Å²) in [6, 6.07) is 4.18. The van der Waals surface area contributed by atoms with Crippen LogP contribution in [0.2, 0.25) is 0 Å². The van der Waals surface area contributed by atoms with Crippen molar-refractivity contribution in [2.45, 2.75) is 26.8 Å². The Morgan fingerprint density at radius 3 is 2.46 bits per heavy atom. The lowest BCUT2D eigenvalue weighted by molar-refractivity contribution is 0.0700. The van der Waals surface area contributed by atoms with Crippen LogP contribution in [0.1, 0.15) is 49.3 Å². The third kappa shape index (κ3) is 4.79. The van der Waals surface area contributed by atoms with E-state index in [0.717, 1.165) is 17.6 Å². The molecule has 1 amide bonds. The van der Waals surface area contributed by atoms with E-state index in [2.05, 4.69) is 15.0 Å². The molecule has 0 spiro atoms. The first-order chi connectivity index (χ1) is 12.0. The van der Waals surface area contributed by atoms with Gasteiger partial charge in [-0.2, -0.15) is 0 Å². The van der Waals surface area contributed by atoms with E-state index in [1.165, 1.54) is 6.07 Å². The number of aryl methyl sites for hydroxylation is 2. The largest absolute Gasteiger partial charge is 0.477 e. The smallest absolute Gasteiger partial charge is 0.347 e. The molecule has 0 radical (unpaired) electrons. The van der Waals surface area contributed by atoms with Gasteiger partial charge in [0.2, 0.25) is 10.0 Å². The van der Waals surface area contributed by atoms with Crippen molar-refractivity contribution in [1.29, 1.82) is 0 Å². The molecular weight excluding hydrogens is 378 g/mol. The summed E-state index contributed by atoms with van der Waals surface area (Å²) >= 11 is 1.01. The zero-order valence-corrected chi connectivity index (χ0v) is 16.3. The van der Waals surface area contributed by atoms with Gasteiger partial charge >= 0.3 is 5.97 Å². The molecule has 0 bridgehead atoms. The Labute approximate surface area is 155 Å². The van der Waals surface area contributed by atoms with E-state index in [4.69, 9.17) is 5.11 Å². The van der Waals surface area contributed by atoms with Gasteiger partial charge in [-0.1, -0.05) is 6.07 Å². The normalized spacial score (nSPS) is 12.5. The van der Waals surface area contributed by atoms with Crippen LogP contribution in [-0.4, -0.2) is 36.6 Å². The van der Waals surface area contributed by atoms with Crippen molar-refractivity contribution in [3.05, 3.63) is 44.9 Å². The van der Waals surface area contributed by atoms with Crippen LogP contribution in [0.4, 0.5) is 5.69 Å². The van der Waals surface area contributed by atoms with E-state index >= 15 is 0 Å². The summed E-state index contributed by atoms with van der Waals surface area (Å²) in [5.41, 5.74) is 1.68. The van der Waals surface area contributed by atoms with Crippen molar-refractivity contribution >= 4 is 38.9 Å². The highest BCUT2D eigenvalue weighted by Gasteiger charge is 2.20. The maximum atomic E-state index is 12.5. The SMILES string of the molecule is Cc1ccc(C(=O)NC(C)c2nc(C)c(C(=O)O)s2)cc1NS(C)(=O)=O. The molecule has 1 unspecified atom stereocenters. The van der Waals surface area contributed by atoms with Crippen LogP contribution >= 0.6 is 11.3 Å². The zero-order valence-electron chi connectivity index (χ0n) is 14.7. The number of aromatic carboxylic acids is 1. The van der Waals surface area contributed by atoms with Gasteiger partial charge in [0, 0.05) is 5.56 Å². The summed E-state index contributed by atoms with van der Waals surface area (Å²) in [6.07, 6.45) is 1.03. The predicted octanol–water partition coefficient (Wildman–Crippen LogP) is 2.32. The second-order valence-electron chi connectivity index (χ2n) is 5.87. The van der Waals surface area contributed by atoms with Gasteiger partial charge in [0.25, 0.3) is 5.91 Å². The number of nitrogens with zero attached hydrogens (tertiary/aromatic N) is 1. The van der Waals surface area contributed by atoms with Crippen LogP contribution in [-0.2, 0) is 10.0 Å². The molecule has 2 aromatic rings. The van der Waals surface area contributed by atoms with E-state index in [9.17, 15) is 18.0 Å². The summed E-state index contributed by atoms with van der Waals surface area (Å²) in [4.78, 5) is 27.9. The van der Waals surface area contributed by atoms with Gasteiger partial charge < -0.3 is 10.4 Å². The third-order valence-corrected chi connectivity index (χ3v) is 5.44. The molecule has 0 aliphatic rings. The number of aromatic nitrogens is 1.